The van der Waals surface area contributed by atoms with Crippen LogP contribution >= 0.6 is 0 Å². The van der Waals surface area contributed by atoms with Crippen LogP contribution in [0.5, 0.6) is 0 Å². The third-order valence-electron chi connectivity index (χ3n) is 3.28. The number of rotatable bonds is 3. The molecule has 0 aliphatic carbocycles. The van der Waals surface area contributed by atoms with Crippen LogP contribution in [0.3, 0.4) is 0 Å². The van der Waals surface area contributed by atoms with Crippen molar-refractivity contribution in [2.24, 2.45) is 10.9 Å². The number of anilines is 1. The molecule has 0 saturated carbocycles. The number of amidine groups is 1. The first-order valence-corrected chi connectivity index (χ1v) is 6.21. The minimum Gasteiger partial charge on any atom is -0.409 e. The number of oxime groups is 1. The molecule has 1 heterocycles. The molecule has 0 radical (unpaired) electrons. The zero-order valence-electron chi connectivity index (χ0n) is 10.9. The molecule has 19 heavy (non-hydrogen) atoms. The van der Waals surface area contributed by atoms with Gasteiger partial charge in [0.05, 0.1) is 25.9 Å². The fourth-order valence-electron chi connectivity index (χ4n) is 2.28. The molecule has 2 rings (SSSR count). The Morgan fingerprint density at radius 1 is 1.58 bits per heavy atom. The minimum absolute atomic E-state index is 0.00346. The highest BCUT2D eigenvalue weighted by atomic mass is 16.5. The highest BCUT2D eigenvalue weighted by Crippen LogP contribution is 2.25. The number of aryl methyl sites for hydroxylation is 1. The Hall–Kier alpha value is -1.79. The van der Waals surface area contributed by atoms with E-state index >= 15 is 0 Å². The lowest BCUT2D eigenvalue weighted by molar-refractivity contribution is 0.0727. The van der Waals surface area contributed by atoms with Gasteiger partial charge < -0.3 is 25.7 Å². The molecule has 104 valence electrons. The van der Waals surface area contributed by atoms with Gasteiger partial charge in [-0.05, 0) is 19.1 Å². The van der Waals surface area contributed by atoms with Gasteiger partial charge in [-0.15, -0.1) is 0 Å². The third kappa shape index (κ3) is 2.80. The molecule has 1 aliphatic rings. The summed E-state index contributed by atoms with van der Waals surface area (Å²) in [5.41, 5.74) is 8.28. The number of benzene rings is 1. The van der Waals surface area contributed by atoms with E-state index in [2.05, 4.69) is 5.16 Å². The molecule has 1 atom stereocenters. The number of aliphatic hydroxyl groups excluding tert-OH is 1. The summed E-state index contributed by atoms with van der Waals surface area (Å²) in [6.45, 7) is 3.68. The molecule has 0 spiro atoms. The Morgan fingerprint density at radius 3 is 3.05 bits per heavy atom. The van der Waals surface area contributed by atoms with Crippen molar-refractivity contribution in [2.75, 3.05) is 31.3 Å². The fourth-order valence-corrected chi connectivity index (χ4v) is 2.28. The van der Waals surface area contributed by atoms with Crippen LogP contribution in [0.4, 0.5) is 5.69 Å². The van der Waals surface area contributed by atoms with Crippen molar-refractivity contribution in [1.29, 1.82) is 0 Å². The summed E-state index contributed by atoms with van der Waals surface area (Å²) in [4.78, 5) is 2.04. The smallest absolute Gasteiger partial charge is 0.172 e. The number of aliphatic hydroxyl groups is 1. The van der Waals surface area contributed by atoms with E-state index in [0.717, 1.165) is 11.3 Å². The summed E-state index contributed by atoms with van der Waals surface area (Å²) in [7, 11) is 0. The standard InChI is InChI=1S/C13H19N3O3/c1-9-2-3-12(11(6-9)13(14)15-18)16-4-5-19-8-10(16)7-17/h2-3,6,10,17-18H,4-5,7-8H2,1H3,(H2,14,15). The number of nitrogens with two attached hydrogens (primary N) is 1. The Morgan fingerprint density at radius 2 is 2.37 bits per heavy atom. The van der Waals surface area contributed by atoms with Gasteiger partial charge in [-0.1, -0.05) is 16.8 Å². The molecule has 1 aromatic carbocycles. The molecular formula is C13H19N3O3. The summed E-state index contributed by atoms with van der Waals surface area (Å²) >= 11 is 0. The molecule has 1 unspecified atom stereocenters. The van der Waals surface area contributed by atoms with E-state index in [1.165, 1.54) is 0 Å². The molecule has 0 aromatic heterocycles. The summed E-state index contributed by atoms with van der Waals surface area (Å²) in [6, 6.07) is 5.65. The van der Waals surface area contributed by atoms with Crippen molar-refractivity contribution < 1.29 is 15.1 Å². The van der Waals surface area contributed by atoms with E-state index < -0.39 is 0 Å². The summed E-state index contributed by atoms with van der Waals surface area (Å²) in [6.07, 6.45) is 0. The zero-order chi connectivity index (χ0) is 13.8. The van der Waals surface area contributed by atoms with Crippen molar-refractivity contribution in [3.8, 4) is 0 Å². The summed E-state index contributed by atoms with van der Waals surface area (Å²) in [5.74, 6) is 0.0712. The van der Waals surface area contributed by atoms with Gasteiger partial charge in [0.25, 0.3) is 0 Å². The lowest BCUT2D eigenvalue weighted by Crippen LogP contribution is -2.48. The van der Waals surface area contributed by atoms with E-state index in [4.69, 9.17) is 15.7 Å². The average molecular weight is 265 g/mol. The predicted octanol–water partition coefficient (Wildman–Crippen LogP) is 0.287. The highest BCUT2D eigenvalue weighted by Gasteiger charge is 2.25. The first-order valence-electron chi connectivity index (χ1n) is 6.21. The Kier molecular flexibility index (Phi) is 4.24. The van der Waals surface area contributed by atoms with Gasteiger partial charge in [-0.25, -0.2) is 0 Å². The van der Waals surface area contributed by atoms with E-state index in [0.29, 0.717) is 25.3 Å². The number of morpholine rings is 1. The first-order chi connectivity index (χ1) is 9.17. The zero-order valence-corrected chi connectivity index (χ0v) is 10.9. The molecular weight excluding hydrogens is 246 g/mol. The molecule has 0 bridgehead atoms. The lowest BCUT2D eigenvalue weighted by Gasteiger charge is -2.37. The number of hydrogen-bond donors (Lipinski definition) is 3. The highest BCUT2D eigenvalue weighted by molar-refractivity contribution is 6.02. The quantitative estimate of drug-likeness (QED) is 0.316. The van der Waals surface area contributed by atoms with Crippen molar-refractivity contribution >= 4 is 11.5 Å². The van der Waals surface area contributed by atoms with E-state index in [9.17, 15) is 5.11 Å². The van der Waals surface area contributed by atoms with Crippen LogP contribution in [0.15, 0.2) is 23.4 Å². The maximum atomic E-state index is 9.43. The van der Waals surface area contributed by atoms with Gasteiger partial charge in [0.15, 0.2) is 5.84 Å². The molecule has 1 fully saturated rings. The summed E-state index contributed by atoms with van der Waals surface area (Å²) in [5, 5.41) is 21.4. The average Bonchev–Trinajstić information content (AvgIpc) is 2.46. The van der Waals surface area contributed by atoms with Gasteiger partial charge in [-0.2, -0.15) is 0 Å². The molecule has 1 aliphatic heterocycles. The molecule has 0 amide bonds. The van der Waals surface area contributed by atoms with Gasteiger partial charge in [-0.3, -0.25) is 0 Å². The molecule has 1 saturated heterocycles. The maximum Gasteiger partial charge on any atom is 0.172 e. The van der Waals surface area contributed by atoms with Crippen molar-refractivity contribution in [3.05, 3.63) is 29.3 Å². The molecule has 1 aromatic rings. The Balaban J connectivity index is 2.42. The monoisotopic (exact) mass is 265 g/mol. The van der Waals surface area contributed by atoms with Crippen molar-refractivity contribution in [1.82, 2.24) is 0 Å². The Labute approximate surface area is 112 Å². The largest absolute Gasteiger partial charge is 0.409 e. The molecule has 6 heteroatoms. The van der Waals surface area contributed by atoms with E-state index in [1.807, 2.05) is 30.0 Å². The van der Waals surface area contributed by atoms with Gasteiger partial charge >= 0.3 is 0 Å². The summed E-state index contributed by atoms with van der Waals surface area (Å²) < 4.78 is 5.36. The number of ether oxygens (including phenoxy) is 1. The third-order valence-corrected chi connectivity index (χ3v) is 3.28. The predicted molar refractivity (Wildman–Crippen MR) is 72.7 cm³/mol. The second kappa shape index (κ2) is 5.90. The molecule has 4 N–H and O–H groups in total. The normalized spacial score (nSPS) is 20.6. The van der Waals surface area contributed by atoms with Crippen LogP contribution in [0.2, 0.25) is 0 Å². The van der Waals surface area contributed by atoms with Gasteiger partial charge in [0, 0.05) is 17.8 Å². The Bertz CT molecular complexity index is 476. The topological polar surface area (TPSA) is 91.3 Å². The SMILES string of the molecule is Cc1ccc(N2CCOCC2CO)c(/C(N)=N/O)c1. The van der Waals surface area contributed by atoms with Crippen LogP contribution < -0.4 is 10.6 Å². The minimum atomic E-state index is -0.110. The van der Waals surface area contributed by atoms with Crippen LogP contribution in [0.25, 0.3) is 0 Å². The van der Waals surface area contributed by atoms with Gasteiger partial charge in [0.1, 0.15) is 0 Å². The first kappa shape index (κ1) is 13.6. The molecule has 6 nitrogen and oxygen atoms in total. The van der Waals surface area contributed by atoms with Crippen LogP contribution in [0.1, 0.15) is 11.1 Å². The van der Waals surface area contributed by atoms with Crippen LogP contribution in [0, 0.1) is 6.92 Å². The van der Waals surface area contributed by atoms with E-state index in [1.54, 1.807) is 0 Å². The van der Waals surface area contributed by atoms with Crippen LogP contribution in [-0.4, -0.2) is 48.6 Å². The maximum absolute atomic E-state index is 9.43. The second-order valence-corrected chi connectivity index (χ2v) is 4.61. The van der Waals surface area contributed by atoms with Crippen LogP contribution in [-0.2, 0) is 4.74 Å². The van der Waals surface area contributed by atoms with Crippen molar-refractivity contribution in [3.63, 3.8) is 0 Å². The van der Waals surface area contributed by atoms with E-state index in [-0.39, 0.29) is 18.5 Å². The van der Waals surface area contributed by atoms with Gasteiger partial charge in [0.2, 0.25) is 0 Å². The second-order valence-electron chi connectivity index (χ2n) is 4.61. The number of hydrogen-bond acceptors (Lipinski definition) is 5. The number of nitrogens with zero attached hydrogens (tertiary/aromatic N) is 2. The van der Waals surface area contributed by atoms with Crippen molar-refractivity contribution in [2.45, 2.75) is 13.0 Å². The fraction of sp³-hybridized carbons (Fsp3) is 0.462. The lowest BCUT2D eigenvalue weighted by atomic mass is 10.1.